The summed E-state index contributed by atoms with van der Waals surface area (Å²) in [5, 5.41) is 0. The minimum Gasteiger partial charge on any atom is -0.478 e. The molecule has 8 nitrogen and oxygen atoms in total. The largest absolute Gasteiger partial charge is 0.478 e. The minimum absolute atomic E-state index is 0.245. The summed E-state index contributed by atoms with van der Waals surface area (Å²) in [6, 6.07) is 11.8. The van der Waals surface area contributed by atoms with Crippen molar-refractivity contribution >= 4 is 23.7 Å². The van der Waals surface area contributed by atoms with Gasteiger partial charge in [0, 0.05) is 16.0 Å². The molecule has 8 saturated carbocycles. The number of ether oxygens (including phenoxy) is 6. The Morgan fingerprint density at radius 1 is 0.660 bits per heavy atom. The first-order valence-electron chi connectivity index (χ1n) is 19.1. The summed E-state index contributed by atoms with van der Waals surface area (Å²) >= 11 is 1.53. The van der Waals surface area contributed by atoms with Crippen LogP contribution in [0, 0.1) is 47.3 Å². The molecule has 0 amide bonds. The molecule has 266 valence electrons. The first-order valence-corrected chi connectivity index (χ1v) is 19.9. The van der Waals surface area contributed by atoms with Crippen LogP contribution in [-0.4, -0.2) is 49.6 Å². The SMILES string of the molecule is CC1(OC(=O)COc2ccc3c(c2OCC(=O)OC2(C)C4CC5CC(C4)CC2C5)Sc2ccccc2C32OCCO2)C2CC3CC(C2)CC1C3. The fraction of sp³-hybridized carbons (Fsp3) is 0.659. The maximum Gasteiger partial charge on any atom is 0.344 e. The van der Waals surface area contributed by atoms with Crippen LogP contribution >= 0.6 is 11.8 Å². The van der Waals surface area contributed by atoms with Crippen LogP contribution < -0.4 is 9.47 Å². The van der Waals surface area contributed by atoms with E-state index in [1.807, 2.05) is 30.3 Å². The van der Waals surface area contributed by atoms with E-state index >= 15 is 0 Å². The molecular weight excluding hydrogens is 653 g/mol. The molecule has 0 atom stereocenters. The van der Waals surface area contributed by atoms with E-state index in [1.54, 1.807) is 6.07 Å². The van der Waals surface area contributed by atoms with Crippen molar-refractivity contribution in [3.63, 3.8) is 0 Å². The van der Waals surface area contributed by atoms with Crippen molar-refractivity contribution in [3.8, 4) is 11.5 Å². The average molecular weight is 701 g/mol. The highest BCUT2D eigenvalue weighted by Gasteiger charge is 2.58. The maximum absolute atomic E-state index is 13.7. The third-order valence-electron chi connectivity index (χ3n) is 14.4. The van der Waals surface area contributed by atoms with Gasteiger partial charge in [0.2, 0.25) is 5.79 Å². The van der Waals surface area contributed by atoms with Crippen molar-refractivity contribution in [2.45, 2.75) is 105 Å². The Labute approximate surface area is 298 Å². The summed E-state index contributed by atoms with van der Waals surface area (Å²) in [5.74, 6) is 3.74. The molecule has 9 fully saturated rings. The number of hydrogen-bond acceptors (Lipinski definition) is 9. The summed E-state index contributed by atoms with van der Waals surface area (Å²) in [6.07, 6.45) is 11.9. The molecule has 2 aromatic rings. The zero-order chi connectivity index (χ0) is 33.8. The van der Waals surface area contributed by atoms with Crippen LogP contribution in [0.2, 0.25) is 0 Å². The molecule has 50 heavy (non-hydrogen) atoms. The van der Waals surface area contributed by atoms with Crippen LogP contribution in [0.25, 0.3) is 0 Å². The highest BCUT2D eigenvalue weighted by Crippen LogP contribution is 2.61. The van der Waals surface area contributed by atoms with E-state index in [9.17, 15) is 9.59 Å². The molecule has 8 bridgehead atoms. The van der Waals surface area contributed by atoms with Crippen LogP contribution in [-0.2, 0) is 34.3 Å². The van der Waals surface area contributed by atoms with Gasteiger partial charge < -0.3 is 28.4 Å². The first kappa shape index (κ1) is 31.9. The second kappa shape index (κ2) is 11.6. The highest BCUT2D eigenvalue weighted by molar-refractivity contribution is 7.99. The van der Waals surface area contributed by atoms with Crippen molar-refractivity contribution in [1.82, 2.24) is 0 Å². The van der Waals surface area contributed by atoms with E-state index in [4.69, 9.17) is 28.4 Å². The lowest BCUT2D eigenvalue weighted by molar-refractivity contribution is -0.205. The van der Waals surface area contributed by atoms with Gasteiger partial charge in [0.15, 0.2) is 24.7 Å². The van der Waals surface area contributed by atoms with Crippen LogP contribution in [0.1, 0.15) is 89.2 Å². The number of benzene rings is 2. The van der Waals surface area contributed by atoms with Gasteiger partial charge in [-0.05, 0) is 144 Å². The molecule has 2 heterocycles. The predicted octanol–water partition coefficient (Wildman–Crippen LogP) is 7.67. The number of rotatable bonds is 8. The van der Waals surface area contributed by atoms with Gasteiger partial charge in [-0.25, -0.2) is 9.59 Å². The zero-order valence-corrected chi connectivity index (χ0v) is 30.0. The summed E-state index contributed by atoms with van der Waals surface area (Å²) in [4.78, 5) is 28.9. The summed E-state index contributed by atoms with van der Waals surface area (Å²) < 4.78 is 38.2. The molecule has 0 radical (unpaired) electrons. The predicted molar refractivity (Wildman–Crippen MR) is 184 cm³/mol. The Morgan fingerprint density at radius 3 is 1.70 bits per heavy atom. The Kier molecular flexibility index (Phi) is 7.43. The van der Waals surface area contributed by atoms with E-state index in [1.165, 1.54) is 24.6 Å². The zero-order valence-electron chi connectivity index (χ0n) is 29.2. The van der Waals surface area contributed by atoms with Crippen LogP contribution in [0.15, 0.2) is 46.2 Å². The van der Waals surface area contributed by atoms with E-state index < -0.39 is 17.0 Å². The van der Waals surface area contributed by atoms with Crippen LogP contribution in [0.4, 0.5) is 0 Å². The average Bonchev–Trinajstić information content (AvgIpc) is 3.58. The van der Waals surface area contributed by atoms with Crippen molar-refractivity contribution < 1.29 is 38.0 Å². The van der Waals surface area contributed by atoms with Crippen LogP contribution in [0.3, 0.4) is 0 Å². The van der Waals surface area contributed by atoms with Gasteiger partial charge in [0.05, 0.1) is 18.1 Å². The lowest BCUT2D eigenvalue weighted by Gasteiger charge is -2.59. The third-order valence-corrected chi connectivity index (χ3v) is 15.6. The van der Waals surface area contributed by atoms with E-state index in [2.05, 4.69) is 13.8 Å². The molecule has 2 aliphatic heterocycles. The lowest BCUT2D eigenvalue weighted by atomic mass is 9.50. The second-order valence-electron chi connectivity index (χ2n) is 17.2. The molecule has 1 spiro atoms. The fourth-order valence-electron chi connectivity index (χ4n) is 12.4. The van der Waals surface area contributed by atoms with Gasteiger partial charge in [-0.3, -0.25) is 0 Å². The fourth-order valence-corrected chi connectivity index (χ4v) is 13.6. The first-order chi connectivity index (χ1) is 24.2. The molecule has 9 heteroatoms. The Bertz CT molecular complexity index is 1660. The molecule has 12 rings (SSSR count). The molecular formula is C41H48O8S. The number of fused-ring (bicyclic) bond motifs is 4. The molecule has 8 aliphatic carbocycles. The highest BCUT2D eigenvalue weighted by atomic mass is 32.2. The number of carbonyl (C=O) groups excluding carboxylic acids is 2. The minimum atomic E-state index is -1.09. The number of carbonyl (C=O) groups is 2. The Morgan fingerprint density at radius 2 is 1.16 bits per heavy atom. The standard InChI is InChI=1S/C41H48O8S/c1-39(27-13-23-11-24(15-27)16-28(39)14-23)48-35(42)21-44-33-8-7-32-38(50-34-6-4-3-5-31(34)41(32)46-9-10-47-41)37(33)45-22-36(43)49-40(2)29-17-25-12-26(19-29)20-30(40)18-25/h3-8,23-30H,9-22H2,1-2H3. The van der Waals surface area contributed by atoms with Crippen LogP contribution in [0.5, 0.6) is 11.5 Å². The Hall–Kier alpha value is -2.75. The molecule has 0 N–H and O–H groups in total. The molecule has 2 aromatic carbocycles. The summed E-state index contributed by atoms with van der Waals surface area (Å²) in [5.41, 5.74) is 0.844. The van der Waals surface area contributed by atoms with Crippen molar-refractivity contribution in [2.75, 3.05) is 26.4 Å². The Balaban J connectivity index is 0.916. The summed E-state index contributed by atoms with van der Waals surface area (Å²) in [7, 11) is 0. The molecule has 1 saturated heterocycles. The molecule has 0 aromatic heterocycles. The second-order valence-corrected chi connectivity index (χ2v) is 18.2. The number of esters is 2. The summed E-state index contributed by atoms with van der Waals surface area (Å²) in [6.45, 7) is 4.70. The monoisotopic (exact) mass is 700 g/mol. The van der Waals surface area contributed by atoms with Gasteiger partial charge >= 0.3 is 11.9 Å². The maximum atomic E-state index is 13.7. The van der Waals surface area contributed by atoms with Crippen molar-refractivity contribution in [3.05, 3.63) is 47.5 Å². The van der Waals surface area contributed by atoms with Crippen molar-refractivity contribution in [1.29, 1.82) is 0 Å². The lowest BCUT2D eigenvalue weighted by Crippen LogP contribution is -2.58. The van der Waals surface area contributed by atoms with Gasteiger partial charge in [-0.2, -0.15) is 0 Å². The molecule has 10 aliphatic rings. The third kappa shape index (κ3) is 4.92. The smallest absolute Gasteiger partial charge is 0.344 e. The topological polar surface area (TPSA) is 89.5 Å². The molecule has 0 unspecified atom stereocenters. The van der Waals surface area contributed by atoms with Crippen molar-refractivity contribution in [2.24, 2.45) is 47.3 Å². The van der Waals surface area contributed by atoms with E-state index in [0.29, 0.717) is 48.4 Å². The van der Waals surface area contributed by atoms with Gasteiger partial charge in [0.1, 0.15) is 11.2 Å². The van der Waals surface area contributed by atoms with Gasteiger partial charge in [0.25, 0.3) is 0 Å². The van der Waals surface area contributed by atoms with E-state index in [0.717, 1.165) is 96.0 Å². The van der Waals surface area contributed by atoms with Gasteiger partial charge in [-0.1, -0.05) is 30.0 Å². The normalized spacial score (nSPS) is 39.2. The quantitative estimate of drug-likeness (QED) is 0.258. The number of hydrogen-bond donors (Lipinski definition) is 0. The van der Waals surface area contributed by atoms with E-state index in [-0.39, 0.29) is 25.2 Å². The van der Waals surface area contributed by atoms with Gasteiger partial charge in [-0.15, -0.1) is 0 Å².